The van der Waals surface area contributed by atoms with Gasteiger partial charge in [0.2, 0.25) is 0 Å². The maximum absolute atomic E-state index is 4.31. The van der Waals surface area contributed by atoms with Gasteiger partial charge in [0.1, 0.15) is 0 Å². The summed E-state index contributed by atoms with van der Waals surface area (Å²) >= 11 is 0. The van der Waals surface area contributed by atoms with Crippen LogP contribution >= 0.6 is 0 Å². The lowest BCUT2D eigenvalue weighted by Gasteiger charge is -2.08. The topological polar surface area (TPSA) is 12.9 Å². The van der Waals surface area contributed by atoms with Gasteiger partial charge in [-0.15, -0.1) is 0 Å². The van der Waals surface area contributed by atoms with Gasteiger partial charge in [-0.25, -0.2) is 0 Å². The van der Waals surface area contributed by atoms with Gasteiger partial charge < -0.3 is 0 Å². The van der Waals surface area contributed by atoms with Gasteiger partial charge in [-0.1, -0.05) is 44.2 Å². The fraction of sp³-hybridized carbons (Fsp3) is 0.267. The van der Waals surface area contributed by atoms with E-state index in [1.807, 2.05) is 19.2 Å². The first-order chi connectivity index (χ1) is 7.68. The number of nitrogens with zero attached hydrogens (tertiary/aromatic N) is 1. The molecule has 0 atom stereocenters. The molecule has 16 heavy (non-hydrogen) atoms. The summed E-state index contributed by atoms with van der Waals surface area (Å²) in [5, 5.41) is 0. The van der Waals surface area contributed by atoms with Crippen molar-refractivity contribution in [3.05, 3.63) is 53.9 Å². The number of hydrogen-bond donors (Lipinski definition) is 0. The summed E-state index contributed by atoms with van der Waals surface area (Å²) < 4.78 is 0. The second kappa shape index (κ2) is 4.48. The second-order valence-electron chi connectivity index (χ2n) is 4.41. The minimum atomic E-state index is 0.587. The molecular weight excluding hydrogens is 194 g/mol. The molecule has 1 heterocycles. The summed E-state index contributed by atoms with van der Waals surface area (Å²) in [6, 6.07) is 12.9. The Morgan fingerprint density at radius 2 is 1.69 bits per heavy atom. The molecule has 0 radical (unpaired) electrons. The molecule has 1 aromatic heterocycles. The van der Waals surface area contributed by atoms with Gasteiger partial charge in [-0.2, -0.15) is 0 Å². The molecule has 1 aromatic carbocycles. The van der Waals surface area contributed by atoms with E-state index >= 15 is 0 Å². The Hall–Kier alpha value is -1.63. The highest BCUT2D eigenvalue weighted by atomic mass is 14.7. The Kier molecular flexibility index (Phi) is 3.04. The monoisotopic (exact) mass is 211 g/mol. The van der Waals surface area contributed by atoms with E-state index in [2.05, 4.69) is 49.2 Å². The van der Waals surface area contributed by atoms with Gasteiger partial charge in [-0.05, 0) is 30.0 Å². The molecule has 0 amide bonds. The van der Waals surface area contributed by atoms with Crippen molar-refractivity contribution in [1.29, 1.82) is 0 Å². The number of hydrogen-bond acceptors (Lipinski definition) is 1. The van der Waals surface area contributed by atoms with Crippen LogP contribution in [-0.2, 0) is 0 Å². The van der Waals surface area contributed by atoms with Crippen molar-refractivity contribution in [1.82, 2.24) is 4.98 Å². The highest BCUT2D eigenvalue weighted by Gasteiger charge is 2.03. The molecule has 0 fully saturated rings. The molecule has 0 aliphatic heterocycles. The molecule has 2 rings (SSSR count). The smallest absolute Gasteiger partial charge is 0.0450 e. The van der Waals surface area contributed by atoms with Crippen LogP contribution in [0.15, 0.2) is 42.6 Å². The fourth-order valence-electron chi connectivity index (χ4n) is 1.84. The molecule has 0 spiro atoms. The van der Waals surface area contributed by atoms with E-state index in [9.17, 15) is 0 Å². The number of aromatic nitrogens is 1. The van der Waals surface area contributed by atoms with Crippen LogP contribution in [0.1, 0.15) is 31.0 Å². The minimum absolute atomic E-state index is 0.587. The van der Waals surface area contributed by atoms with Crippen LogP contribution in [0.3, 0.4) is 0 Å². The van der Waals surface area contributed by atoms with E-state index < -0.39 is 0 Å². The van der Waals surface area contributed by atoms with Gasteiger partial charge >= 0.3 is 0 Å². The zero-order chi connectivity index (χ0) is 11.5. The normalized spacial score (nSPS) is 10.8. The first-order valence-electron chi connectivity index (χ1n) is 5.70. The lowest BCUT2D eigenvalue weighted by atomic mass is 9.98. The molecule has 0 N–H and O–H groups in total. The number of benzene rings is 1. The van der Waals surface area contributed by atoms with Gasteiger partial charge in [0.15, 0.2) is 0 Å². The van der Waals surface area contributed by atoms with Crippen molar-refractivity contribution in [2.24, 2.45) is 0 Å². The third-order valence-corrected chi connectivity index (χ3v) is 2.90. The number of rotatable bonds is 2. The SMILES string of the molecule is Cc1ncccc1-c1ccc(C(C)C)cc1. The summed E-state index contributed by atoms with van der Waals surface area (Å²) in [6.45, 7) is 6.47. The summed E-state index contributed by atoms with van der Waals surface area (Å²) in [5.41, 5.74) is 4.93. The Bertz CT molecular complexity index is 469. The van der Waals surface area contributed by atoms with E-state index in [-0.39, 0.29) is 0 Å². The van der Waals surface area contributed by atoms with Crippen LogP contribution in [0.5, 0.6) is 0 Å². The van der Waals surface area contributed by atoms with Gasteiger partial charge in [-0.3, -0.25) is 4.98 Å². The summed E-state index contributed by atoms with van der Waals surface area (Å²) in [7, 11) is 0. The predicted octanol–water partition coefficient (Wildman–Crippen LogP) is 4.18. The van der Waals surface area contributed by atoms with Crippen molar-refractivity contribution in [2.75, 3.05) is 0 Å². The lowest BCUT2D eigenvalue weighted by molar-refractivity contribution is 0.867. The van der Waals surface area contributed by atoms with Crippen molar-refractivity contribution >= 4 is 0 Å². The second-order valence-corrected chi connectivity index (χ2v) is 4.41. The van der Waals surface area contributed by atoms with Crippen LogP contribution < -0.4 is 0 Å². The zero-order valence-corrected chi connectivity index (χ0v) is 10.1. The third-order valence-electron chi connectivity index (χ3n) is 2.90. The van der Waals surface area contributed by atoms with Crippen molar-refractivity contribution in [2.45, 2.75) is 26.7 Å². The molecule has 0 aliphatic carbocycles. The highest BCUT2D eigenvalue weighted by Crippen LogP contribution is 2.24. The highest BCUT2D eigenvalue weighted by molar-refractivity contribution is 5.65. The first-order valence-corrected chi connectivity index (χ1v) is 5.70. The molecule has 0 unspecified atom stereocenters. The maximum Gasteiger partial charge on any atom is 0.0450 e. The summed E-state index contributed by atoms with van der Waals surface area (Å²) in [4.78, 5) is 4.31. The molecule has 1 heteroatoms. The van der Waals surface area contributed by atoms with Crippen LogP contribution in [0.2, 0.25) is 0 Å². The first kappa shape index (κ1) is 10.9. The largest absolute Gasteiger partial charge is 0.261 e. The molecule has 2 aromatic rings. The van der Waals surface area contributed by atoms with Crippen LogP contribution in [0.4, 0.5) is 0 Å². The molecule has 0 bridgehead atoms. The molecule has 0 saturated carbocycles. The molecular formula is C15H17N. The predicted molar refractivity (Wildman–Crippen MR) is 68.5 cm³/mol. The van der Waals surface area contributed by atoms with Crippen LogP contribution in [0.25, 0.3) is 11.1 Å². The van der Waals surface area contributed by atoms with Crippen LogP contribution in [0, 0.1) is 6.92 Å². The average molecular weight is 211 g/mol. The number of aryl methyl sites for hydroxylation is 1. The van der Waals surface area contributed by atoms with Crippen LogP contribution in [-0.4, -0.2) is 4.98 Å². The molecule has 0 saturated heterocycles. The molecule has 0 aliphatic rings. The van der Waals surface area contributed by atoms with Gasteiger partial charge in [0.25, 0.3) is 0 Å². The number of pyridine rings is 1. The quantitative estimate of drug-likeness (QED) is 0.726. The average Bonchev–Trinajstić information content (AvgIpc) is 2.30. The summed E-state index contributed by atoms with van der Waals surface area (Å²) in [6.07, 6.45) is 1.83. The third kappa shape index (κ3) is 2.13. The van der Waals surface area contributed by atoms with Gasteiger partial charge in [0, 0.05) is 17.5 Å². The lowest BCUT2D eigenvalue weighted by Crippen LogP contribution is -1.89. The molecule has 82 valence electrons. The van der Waals surface area contributed by atoms with E-state index in [0.29, 0.717) is 5.92 Å². The zero-order valence-electron chi connectivity index (χ0n) is 10.1. The summed E-state index contributed by atoms with van der Waals surface area (Å²) in [5.74, 6) is 0.587. The maximum atomic E-state index is 4.31. The van der Waals surface area contributed by atoms with Gasteiger partial charge in [0.05, 0.1) is 0 Å². The van der Waals surface area contributed by atoms with Crippen molar-refractivity contribution in [3.8, 4) is 11.1 Å². The molecule has 1 nitrogen and oxygen atoms in total. The van der Waals surface area contributed by atoms with E-state index in [1.54, 1.807) is 0 Å². The van der Waals surface area contributed by atoms with E-state index in [1.165, 1.54) is 16.7 Å². The standard InChI is InChI=1S/C15H17N/c1-11(2)13-6-8-14(9-7-13)15-5-4-10-16-12(15)3/h4-11H,1-3H3. The van der Waals surface area contributed by atoms with E-state index in [0.717, 1.165) is 5.69 Å². The van der Waals surface area contributed by atoms with E-state index in [4.69, 9.17) is 0 Å². The Balaban J connectivity index is 2.39. The Morgan fingerprint density at radius 1 is 1.00 bits per heavy atom. The van der Waals surface area contributed by atoms with Crippen molar-refractivity contribution < 1.29 is 0 Å². The Morgan fingerprint density at radius 3 is 2.25 bits per heavy atom. The Labute approximate surface area is 97.2 Å². The van der Waals surface area contributed by atoms with Crippen molar-refractivity contribution in [3.63, 3.8) is 0 Å². The fourth-order valence-corrected chi connectivity index (χ4v) is 1.84. The minimum Gasteiger partial charge on any atom is -0.261 e.